The van der Waals surface area contributed by atoms with E-state index in [9.17, 15) is 10.1 Å². The molecule has 0 bridgehead atoms. The van der Waals surface area contributed by atoms with Crippen LogP contribution in [0.15, 0.2) is 18.2 Å². The molecule has 0 radical (unpaired) electrons. The fraction of sp³-hybridized carbons (Fsp3) is 0.571. The van der Waals surface area contributed by atoms with Crippen LogP contribution in [0, 0.1) is 10.1 Å². The number of nitro benzene ring substituents is 1. The average molecular weight is 296 g/mol. The smallest absolute Gasteiger partial charge is 0.292 e. The van der Waals surface area contributed by atoms with E-state index in [2.05, 4.69) is 10.2 Å². The summed E-state index contributed by atoms with van der Waals surface area (Å²) in [6.07, 6.45) is 4.61. The molecular weight excluding hydrogens is 278 g/mol. The Labute approximate surface area is 123 Å². The van der Waals surface area contributed by atoms with E-state index < -0.39 is 0 Å². The quantitative estimate of drug-likeness (QED) is 0.687. The Morgan fingerprint density at radius 3 is 3.00 bits per heavy atom. The molecule has 0 aliphatic carbocycles. The van der Waals surface area contributed by atoms with Gasteiger partial charge in [0.2, 0.25) is 0 Å². The maximum atomic E-state index is 11.1. The van der Waals surface area contributed by atoms with Gasteiger partial charge in [0, 0.05) is 29.7 Å². The molecule has 1 aromatic carbocycles. The summed E-state index contributed by atoms with van der Waals surface area (Å²) in [7, 11) is 0. The number of hydrogen-bond donors (Lipinski definition) is 1. The van der Waals surface area contributed by atoms with E-state index in [0.29, 0.717) is 22.8 Å². The Kier molecular flexibility index (Phi) is 3.81. The van der Waals surface area contributed by atoms with Crippen molar-refractivity contribution in [3.63, 3.8) is 0 Å². The summed E-state index contributed by atoms with van der Waals surface area (Å²) in [5, 5.41) is 14.9. The van der Waals surface area contributed by atoms with Crippen molar-refractivity contribution < 1.29 is 4.92 Å². The molecule has 6 heteroatoms. The van der Waals surface area contributed by atoms with Gasteiger partial charge < -0.3 is 10.2 Å². The first-order valence-electron chi connectivity index (χ1n) is 7.08. The van der Waals surface area contributed by atoms with E-state index in [1.54, 1.807) is 12.1 Å². The summed E-state index contributed by atoms with van der Waals surface area (Å²) in [5.41, 5.74) is 0.641. The van der Waals surface area contributed by atoms with Crippen LogP contribution in [-0.4, -0.2) is 35.0 Å². The molecule has 2 heterocycles. The molecule has 2 aliphatic heterocycles. The van der Waals surface area contributed by atoms with Crippen LogP contribution in [0.1, 0.15) is 25.7 Å². The summed E-state index contributed by atoms with van der Waals surface area (Å²) < 4.78 is 0. The number of hydrogen-bond acceptors (Lipinski definition) is 4. The number of nitro groups is 1. The van der Waals surface area contributed by atoms with Crippen molar-refractivity contribution in [2.24, 2.45) is 0 Å². The molecule has 2 fully saturated rings. The third-order valence-electron chi connectivity index (χ3n) is 4.34. The summed E-state index contributed by atoms with van der Waals surface area (Å²) in [6.45, 7) is 2.28. The van der Waals surface area contributed by atoms with Crippen molar-refractivity contribution in [3.8, 4) is 0 Å². The van der Waals surface area contributed by atoms with Crippen LogP contribution in [0.25, 0.3) is 0 Å². The number of nitrogens with one attached hydrogen (secondary N) is 1. The molecule has 2 aliphatic rings. The molecule has 2 unspecified atom stereocenters. The molecule has 20 heavy (non-hydrogen) atoms. The first-order valence-corrected chi connectivity index (χ1v) is 7.46. The molecule has 1 N–H and O–H groups in total. The van der Waals surface area contributed by atoms with Crippen molar-refractivity contribution >= 4 is 23.0 Å². The molecule has 0 saturated carbocycles. The highest BCUT2D eigenvalue weighted by Gasteiger charge is 2.32. The van der Waals surface area contributed by atoms with Crippen LogP contribution in [0.3, 0.4) is 0 Å². The number of fused-ring (bicyclic) bond motifs is 1. The molecule has 2 atom stereocenters. The molecule has 3 rings (SSSR count). The van der Waals surface area contributed by atoms with Crippen molar-refractivity contribution in [3.05, 3.63) is 33.3 Å². The first-order chi connectivity index (χ1) is 9.63. The third kappa shape index (κ3) is 2.74. The van der Waals surface area contributed by atoms with E-state index >= 15 is 0 Å². The molecule has 1 aromatic rings. The average Bonchev–Trinajstić information content (AvgIpc) is 2.85. The number of piperidine rings is 1. The molecular formula is C14H18ClN3O2. The van der Waals surface area contributed by atoms with Gasteiger partial charge in [-0.25, -0.2) is 0 Å². The van der Waals surface area contributed by atoms with E-state index in [4.69, 9.17) is 11.6 Å². The van der Waals surface area contributed by atoms with Crippen molar-refractivity contribution in [1.82, 2.24) is 4.90 Å². The lowest BCUT2D eigenvalue weighted by Crippen LogP contribution is -2.42. The fourth-order valence-corrected chi connectivity index (χ4v) is 3.53. The van der Waals surface area contributed by atoms with Crippen LogP contribution in [0.2, 0.25) is 5.02 Å². The van der Waals surface area contributed by atoms with E-state index in [-0.39, 0.29) is 10.6 Å². The number of benzene rings is 1. The zero-order chi connectivity index (χ0) is 14.1. The van der Waals surface area contributed by atoms with Gasteiger partial charge >= 0.3 is 0 Å². The molecule has 108 valence electrons. The lowest BCUT2D eigenvalue weighted by atomic mass is 9.97. The Balaban J connectivity index is 1.74. The highest BCUT2D eigenvalue weighted by molar-refractivity contribution is 6.31. The predicted molar refractivity (Wildman–Crippen MR) is 79.3 cm³/mol. The molecule has 5 nitrogen and oxygen atoms in total. The van der Waals surface area contributed by atoms with Crippen LogP contribution >= 0.6 is 11.6 Å². The minimum atomic E-state index is -0.358. The zero-order valence-corrected chi connectivity index (χ0v) is 12.0. The number of anilines is 1. The van der Waals surface area contributed by atoms with Gasteiger partial charge in [-0.05, 0) is 44.4 Å². The lowest BCUT2D eigenvalue weighted by molar-refractivity contribution is -0.384. The maximum Gasteiger partial charge on any atom is 0.292 e. The van der Waals surface area contributed by atoms with Gasteiger partial charge in [0.05, 0.1) is 4.92 Å². The van der Waals surface area contributed by atoms with Gasteiger partial charge in [0.15, 0.2) is 0 Å². The minimum absolute atomic E-state index is 0.100. The molecule has 0 aromatic heterocycles. The minimum Gasteiger partial charge on any atom is -0.377 e. The Morgan fingerprint density at radius 1 is 1.35 bits per heavy atom. The Bertz CT molecular complexity index is 523. The van der Waals surface area contributed by atoms with Gasteiger partial charge in [0.25, 0.3) is 5.69 Å². The van der Waals surface area contributed by atoms with Gasteiger partial charge in [-0.2, -0.15) is 0 Å². The predicted octanol–water partition coefficient (Wildman–Crippen LogP) is 3.29. The van der Waals surface area contributed by atoms with Gasteiger partial charge in [0.1, 0.15) is 5.69 Å². The zero-order valence-electron chi connectivity index (χ0n) is 11.2. The highest BCUT2D eigenvalue weighted by Crippen LogP contribution is 2.32. The van der Waals surface area contributed by atoms with Crippen LogP contribution in [0.4, 0.5) is 11.4 Å². The van der Waals surface area contributed by atoms with Crippen molar-refractivity contribution in [2.45, 2.75) is 37.8 Å². The van der Waals surface area contributed by atoms with Gasteiger partial charge in [-0.3, -0.25) is 10.1 Å². The topological polar surface area (TPSA) is 58.4 Å². The van der Waals surface area contributed by atoms with Crippen molar-refractivity contribution in [1.29, 1.82) is 0 Å². The van der Waals surface area contributed by atoms with E-state index in [0.717, 1.165) is 19.4 Å². The molecule has 0 amide bonds. The second-order valence-electron chi connectivity index (χ2n) is 5.62. The molecule has 0 spiro atoms. The molecule has 2 saturated heterocycles. The monoisotopic (exact) mass is 295 g/mol. The standard InChI is InChI=1S/C14H18ClN3O2/c15-10-3-4-14(18(19)20)13(8-10)16-11-5-7-17-6-1-2-12(17)9-11/h3-4,8,11-12,16H,1-2,5-7,9H2. The van der Waals surface area contributed by atoms with Crippen LogP contribution < -0.4 is 5.32 Å². The number of nitrogens with zero attached hydrogens (tertiary/aromatic N) is 2. The fourth-order valence-electron chi connectivity index (χ4n) is 3.36. The Morgan fingerprint density at radius 2 is 2.20 bits per heavy atom. The number of halogens is 1. The SMILES string of the molecule is O=[N+]([O-])c1ccc(Cl)cc1NC1CCN2CCCC2C1. The first kappa shape index (κ1) is 13.6. The summed E-state index contributed by atoms with van der Waals surface area (Å²) in [4.78, 5) is 13.2. The van der Waals surface area contributed by atoms with Crippen molar-refractivity contribution in [2.75, 3.05) is 18.4 Å². The third-order valence-corrected chi connectivity index (χ3v) is 4.57. The number of rotatable bonds is 3. The van der Waals surface area contributed by atoms with E-state index in [1.807, 2.05) is 0 Å². The summed E-state index contributed by atoms with van der Waals surface area (Å²) in [5.74, 6) is 0. The van der Waals surface area contributed by atoms with E-state index in [1.165, 1.54) is 25.5 Å². The lowest BCUT2D eigenvalue weighted by Gasteiger charge is -2.35. The second kappa shape index (κ2) is 5.58. The largest absolute Gasteiger partial charge is 0.377 e. The summed E-state index contributed by atoms with van der Waals surface area (Å²) in [6, 6.07) is 5.62. The second-order valence-corrected chi connectivity index (χ2v) is 6.05. The van der Waals surface area contributed by atoms with Gasteiger partial charge in [-0.15, -0.1) is 0 Å². The maximum absolute atomic E-state index is 11.1. The summed E-state index contributed by atoms with van der Waals surface area (Å²) >= 11 is 5.96. The Hall–Kier alpha value is -1.33. The van der Waals surface area contributed by atoms with Crippen LogP contribution in [-0.2, 0) is 0 Å². The normalized spacial score (nSPS) is 26.2. The van der Waals surface area contributed by atoms with Crippen LogP contribution in [0.5, 0.6) is 0 Å². The highest BCUT2D eigenvalue weighted by atomic mass is 35.5. The van der Waals surface area contributed by atoms with Gasteiger partial charge in [-0.1, -0.05) is 11.6 Å².